The van der Waals surface area contributed by atoms with Crippen LogP contribution in [0.15, 0.2) is 46.9 Å². The second kappa shape index (κ2) is 6.27. The number of benzene rings is 1. The van der Waals surface area contributed by atoms with E-state index < -0.39 is 15.1 Å². The first-order chi connectivity index (χ1) is 12.9. The van der Waals surface area contributed by atoms with E-state index in [1.165, 1.54) is 26.7 Å². The molecule has 1 saturated heterocycles. The van der Waals surface area contributed by atoms with Crippen molar-refractivity contribution in [3.05, 3.63) is 47.3 Å². The molecule has 10 nitrogen and oxygen atoms in total. The number of hydrogen-bond donors (Lipinski definition) is 0. The van der Waals surface area contributed by atoms with E-state index in [0.717, 1.165) is 0 Å². The van der Waals surface area contributed by atoms with Crippen LogP contribution < -0.4 is 5.56 Å². The number of fused-ring (bicyclic) bond motifs is 1. The molecule has 2 aromatic heterocycles. The zero-order chi connectivity index (χ0) is 19.2. The molecule has 0 aliphatic carbocycles. The normalized spacial score (nSPS) is 15.1. The van der Waals surface area contributed by atoms with Crippen LogP contribution in [-0.4, -0.2) is 61.9 Å². The Balaban J connectivity index is 1.47. The molecule has 0 atom stereocenters. The molecule has 140 valence electrons. The highest BCUT2D eigenvalue weighted by atomic mass is 32.2. The molecule has 0 unspecified atom stereocenters. The Hall–Kier alpha value is -3.08. The molecule has 4 rings (SSSR count). The SMILES string of the molecule is Cn1cnnc1S(=O)(=O)C1CN(C(=O)Cn2cnc3ccccc3c2=O)C1. The van der Waals surface area contributed by atoms with E-state index in [2.05, 4.69) is 15.2 Å². The summed E-state index contributed by atoms with van der Waals surface area (Å²) >= 11 is 0. The lowest BCUT2D eigenvalue weighted by Crippen LogP contribution is -2.58. The van der Waals surface area contributed by atoms with Crippen molar-refractivity contribution in [2.45, 2.75) is 17.0 Å². The number of carbonyl (C=O) groups is 1. The topological polar surface area (TPSA) is 120 Å². The number of aryl methyl sites for hydroxylation is 1. The molecule has 0 bridgehead atoms. The van der Waals surface area contributed by atoms with Crippen LogP contribution in [0.2, 0.25) is 0 Å². The number of rotatable bonds is 4. The Bertz CT molecular complexity index is 1190. The fourth-order valence-electron chi connectivity index (χ4n) is 2.98. The average molecular weight is 388 g/mol. The molecule has 1 aliphatic heterocycles. The van der Waals surface area contributed by atoms with Crippen LogP contribution in [0.1, 0.15) is 0 Å². The summed E-state index contributed by atoms with van der Waals surface area (Å²) in [5, 5.41) is 6.81. The van der Waals surface area contributed by atoms with E-state index in [-0.39, 0.29) is 36.3 Å². The summed E-state index contributed by atoms with van der Waals surface area (Å²) in [6.45, 7) is -0.0685. The van der Waals surface area contributed by atoms with Crippen LogP contribution in [0.25, 0.3) is 10.9 Å². The van der Waals surface area contributed by atoms with Gasteiger partial charge in [-0.3, -0.25) is 14.2 Å². The summed E-state index contributed by atoms with van der Waals surface area (Å²) < 4.78 is 27.6. The average Bonchev–Trinajstić information content (AvgIpc) is 3.03. The molecule has 3 aromatic rings. The zero-order valence-electron chi connectivity index (χ0n) is 14.4. The third-order valence-electron chi connectivity index (χ3n) is 4.60. The summed E-state index contributed by atoms with van der Waals surface area (Å²) in [6.07, 6.45) is 2.64. The molecule has 1 amide bonds. The smallest absolute Gasteiger partial charge is 0.261 e. The van der Waals surface area contributed by atoms with Gasteiger partial charge in [0.05, 0.1) is 17.2 Å². The Labute approximate surface area is 154 Å². The van der Waals surface area contributed by atoms with Crippen molar-refractivity contribution in [1.82, 2.24) is 29.2 Å². The van der Waals surface area contributed by atoms with Crippen molar-refractivity contribution in [3.8, 4) is 0 Å². The van der Waals surface area contributed by atoms with Gasteiger partial charge in [-0.1, -0.05) is 12.1 Å². The van der Waals surface area contributed by atoms with Crippen molar-refractivity contribution in [1.29, 1.82) is 0 Å². The number of amides is 1. The van der Waals surface area contributed by atoms with Gasteiger partial charge in [0, 0.05) is 20.1 Å². The number of likely N-dealkylation sites (tertiary alicyclic amines) is 1. The van der Waals surface area contributed by atoms with Crippen molar-refractivity contribution >= 4 is 26.6 Å². The molecule has 27 heavy (non-hydrogen) atoms. The summed E-state index contributed by atoms with van der Waals surface area (Å²) in [5.74, 6) is -0.335. The van der Waals surface area contributed by atoms with Gasteiger partial charge in [0.2, 0.25) is 20.9 Å². The summed E-state index contributed by atoms with van der Waals surface area (Å²) in [4.78, 5) is 30.4. The third-order valence-corrected chi connectivity index (χ3v) is 6.66. The molecule has 0 radical (unpaired) electrons. The molecule has 11 heteroatoms. The molecule has 3 heterocycles. The molecule has 0 N–H and O–H groups in total. The maximum absolute atomic E-state index is 12.5. The lowest BCUT2D eigenvalue weighted by atomic mass is 10.2. The Morgan fingerprint density at radius 3 is 2.67 bits per heavy atom. The van der Waals surface area contributed by atoms with Gasteiger partial charge in [0.1, 0.15) is 18.1 Å². The molecular formula is C16H16N6O4S. The standard InChI is InChI=1S/C16H16N6O4S/c1-20-10-18-19-16(20)27(25,26)11-6-21(7-11)14(23)8-22-9-17-13-5-3-2-4-12(13)15(22)24/h2-5,9-11H,6-8H2,1H3. The van der Waals surface area contributed by atoms with Crippen LogP contribution in [-0.2, 0) is 28.2 Å². The van der Waals surface area contributed by atoms with Gasteiger partial charge in [0.25, 0.3) is 5.56 Å². The number of para-hydroxylation sites is 1. The minimum Gasteiger partial charge on any atom is -0.338 e. The highest BCUT2D eigenvalue weighted by Crippen LogP contribution is 2.22. The zero-order valence-corrected chi connectivity index (χ0v) is 15.2. The number of sulfone groups is 1. The van der Waals surface area contributed by atoms with E-state index in [9.17, 15) is 18.0 Å². The quantitative estimate of drug-likeness (QED) is 0.574. The molecule has 1 fully saturated rings. The minimum absolute atomic E-state index is 0.0593. The van der Waals surface area contributed by atoms with Crippen molar-refractivity contribution in [3.63, 3.8) is 0 Å². The maximum Gasteiger partial charge on any atom is 0.261 e. The third kappa shape index (κ3) is 2.89. The molecular weight excluding hydrogens is 372 g/mol. The number of carbonyl (C=O) groups excluding carboxylic acids is 1. The van der Waals surface area contributed by atoms with E-state index in [4.69, 9.17) is 0 Å². The van der Waals surface area contributed by atoms with E-state index in [1.807, 2.05) is 0 Å². The predicted molar refractivity (Wildman–Crippen MR) is 94.6 cm³/mol. The Morgan fingerprint density at radius 1 is 1.22 bits per heavy atom. The van der Waals surface area contributed by atoms with Crippen molar-refractivity contribution < 1.29 is 13.2 Å². The van der Waals surface area contributed by atoms with Crippen LogP contribution in [0, 0.1) is 0 Å². The van der Waals surface area contributed by atoms with Crippen molar-refractivity contribution in [2.24, 2.45) is 7.05 Å². The fourth-order valence-corrected chi connectivity index (χ4v) is 4.64. The van der Waals surface area contributed by atoms with Crippen LogP contribution in [0.3, 0.4) is 0 Å². The summed E-state index contributed by atoms with van der Waals surface area (Å²) in [5.41, 5.74) is 0.253. The highest BCUT2D eigenvalue weighted by molar-refractivity contribution is 7.92. The molecule has 1 aromatic carbocycles. The monoisotopic (exact) mass is 388 g/mol. The Morgan fingerprint density at radius 2 is 1.96 bits per heavy atom. The number of hydrogen-bond acceptors (Lipinski definition) is 7. The summed E-state index contributed by atoms with van der Waals surface area (Å²) in [6, 6.07) is 6.88. The van der Waals surface area contributed by atoms with Gasteiger partial charge in [0.15, 0.2) is 0 Å². The van der Waals surface area contributed by atoms with E-state index >= 15 is 0 Å². The van der Waals surface area contributed by atoms with E-state index in [1.54, 1.807) is 31.3 Å². The van der Waals surface area contributed by atoms with Crippen LogP contribution in [0.4, 0.5) is 0 Å². The van der Waals surface area contributed by atoms with Crippen LogP contribution in [0.5, 0.6) is 0 Å². The van der Waals surface area contributed by atoms with E-state index in [0.29, 0.717) is 10.9 Å². The highest BCUT2D eigenvalue weighted by Gasteiger charge is 2.42. The Kier molecular flexibility index (Phi) is 4.02. The second-order valence-corrected chi connectivity index (χ2v) is 8.51. The van der Waals surface area contributed by atoms with Gasteiger partial charge in [-0.15, -0.1) is 10.2 Å². The predicted octanol–water partition coefficient (Wildman–Crippen LogP) is -0.790. The van der Waals surface area contributed by atoms with Gasteiger partial charge in [-0.25, -0.2) is 13.4 Å². The minimum atomic E-state index is -3.65. The van der Waals surface area contributed by atoms with Gasteiger partial charge in [-0.05, 0) is 12.1 Å². The summed E-state index contributed by atoms with van der Waals surface area (Å²) in [7, 11) is -2.10. The van der Waals surface area contributed by atoms with Gasteiger partial charge >= 0.3 is 0 Å². The lowest BCUT2D eigenvalue weighted by molar-refractivity contribution is -0.135. The van der Waals surface area contributed by atoms with Gasteiger partial charge in [-0.2, -0.15) is 0 Å². The number of nitrogens with zero attached hydrogens (tertiary/aromatic N) is 6. The first-order valence-electron chi connectivity index (χ1n) is 8.18. The first kappa shape index (κ1) is 17.3. The number of aromatic nitrogens is 5. The molecule has 1 aliphatic rings. The lowest BCUT2D eigenvalue weighted by Gasteiger charge is -2.38. The van der Waals surface area contributed by atoms with Gasteiger partial charge < -0.3 is 9.47 Å². The van der Waals surface area contributed by atoms with Crippen molar-refractivity contribution in [2.75, 3.05) is 13.1 Å². The van der Waals surface area contributed by atoms with Crippen LogP contribution >= 0.6 is 0 Å². The fraction of sp³-hybridized carbons (Fsp3) is 0.312. The second-order valence-electron chi connectivity index (χ2n) is 6.38. The largest absolute Gasteiger partial charge is 0.338 e. The molecule has 0 saturated carbocycles. The first-order valence-corrected chi connectivity index (χ1v) is 9.72. The molecule has 0 spiro atoms. The maximum atomic E-state index is 12.5.